The predicted molar refractivity (Wildman–Crippen MR) is 157 cm³/mol. The molecule has 0 spiro atoms. The Balaban J connectivity index is 1.72. The smallest absolute Gasteiger partial charge is 0.305 e. The molecular weight excluding hydrogens is 508 g/mol. The van der Waals surface area contributed by atoms with Gasteiger partial charge in [0.05, 0.1) is 25.4 Å². The van der Waals surface area contributed by atoms with Crippen LogP contribution in [0.2, 0.25) is 0 Å². The molecule has 2 saturated heterocycles. The number of unbranched alkanes of at least 4 members (excludes halogenated alkanes) is 1. The van der Waals surface area contributed by atoms with Gasteiger partial charge in [0.25, 0.3) is 0 Å². The second-order valence-corrected chi connectivity index (χ2v) is 12.0. The van der Waals surface area contributed by atoms with E-state index in [1.54, 1.807) is 0 Å². The fourth-order valence-corrected chi connectivity index (χ4v) is 5.84. The van der Waals surface area contributed by atoms with Crippen molar-refractivity contribution in [2.75, 3.05) is 20.3 Å². The average Bonchev–Trinajstić information content (AvgIpc) is 3.25. The van der Waals surface area contributed by atoms with Crippen LogP contribution >= 0.6 is 0 Å². The Labute approximate surface area is 242 Å². The first-order valence-electron chi connectivity index (χ1n) is 15.6. The molecule has 1 aliphatic carbocycles. The van der Waals surface area contributed by atoms with Gasteiger partial charge in [-0.05, 0) is 89.9 Å². The molecule has 1 N–H and O–H groups in total. The number of allylic oxidation sites excluding steroid dienone is 4. The summed E-state index contributed by atoms with van der Waals surface area (Å²) in [6.07, 6.45) is 20.5. The van der Waals surface area contributed by atoms with E-state index >= 15 is 0 Å². The highest BCUT2D eigenvalue weighted by molar-refractivity contribution is 5.69. The minimum atomic E-state index is -0.452. The second-order valence-electron chi connectivity index (χ2n) is 12.0. The molecule has 3 aliphatic rings. The van der Waals surface area contributed by atoms with E-state index in [4.69, 9.17) is 23.7 Å². The molecule has 3 fully saturated rings. The minimum Gasteiger partial charge on any atom is -0.469 e. The highest BCUT2D eigenvalue weighted by atomic mass is 16.7. The Morgan fingerprint density at radius 3 is 2.42 bits per heavy atom. The average molecular weight is 563 g/mol. The van der Waals surface area contributed by atoms with Crippen molar-refractivity contribution in [2.45, 2.75) is 129 Å². The maximum atomic E-state index is 11.4. The van der Waals surface area contributed by atoms with Gasteiger partial charge in [0, 0.05) is 32.0 Å². The van der Waals surface area contributed by atoms with Crippen molar-refractivity contribution in [2.24, 2.45) is 17.8 Å². The van der Waals surface area contributed by atoms with Gasteiger partial charge < -0.3 is 28.8 Å². The zero-order valence-electron chi connectivity index (χ0n) is 25.3. The molecule has 0 aromatic heterocycles. The van der Waals surface area contributed by atoms with Crippen LogP contribution in [0.4, 0.5) is 0 Å². The first-order valence-corrected chi connectivity index (χ1v) is 15.6. The van der Waals surface area contributed by atoms with Crippen molar-refractivity contribution in [1.29, 1.82) is 0 Å². The number of methoxy groups -OCH3 is 1. The fraction of sp³-hybridized carbons (Fsp3) is 0.788. The van der Waals surface area contributed by atoms with E-state index in [1.165, 1.54) is 12.7 Å². The van der Waals surface area contributed by atoms with Crippen LogP contribution in [0.5, 0.6) is 0 Å². The first-order chi connectivity index (χ1) is 19.4. The number of hydrogen-bond acceptors (Lipinski definition) is 7. The van der Waals surface area contributed by atoms with Crippen molar-refractivity contribution in [3.8, 4) is 0 Å². The largest absolute Gasteiger partial charge is 0.469 e. The lowest BCUT2D eigenvalue weighted by atomic mass is 9.88. The molecule has 0 aromatic carbocycles. The van der Waals surface area contributed by atoms with Crippen LogP contribution in [0, 0.1) is 17.8 Å². The van der Waals surface area contributed by atoms with Crippen molar-refractivity contribution in [3.05, 3.63) is 36.0 Å². The summed E-state index contributed by atoms with van der Waals surface area (Å²) in [6, 6.07) is 0. The van der Waals surface area contributed by atoms with E-state index in [-0.39, 0.29) is 48.5 Å². The molecule has 0 bridgehead atoms. The third-order valence-corrected chi connectivity index (χ3v) is 8.34. The Morgan fingerprint density at radius 1 is 1.05 bits per heavy atom. The molecule has 1 saturated carbocycles. The molecular formula is C33H54O7. The minimum absolute atomic E-state index is 0.0429. The molecule has 0 radical (unpaired) electrons. The standard InChI is InChI=1S/C33H54O7/c1-24(2)17-18-25(3)29(39-32-15-9-11-21-37-32)20-19-27-26(13-7-5-6-8-14-31(35)36-4)28(34)23-30(27)40-33-16-10-12-22-38-33/h5,7,17,19-20,25-30,32-34H,6,8-16,18,21-23H2,1-4H3/t25?,26-,27-,28+,29+,30-,32?,33?/m1/s1. The lowest BCUT2D eigenvalue weighted by Gasteiger charge is -2.31. The first kappa shape index (κ1) is 33.0. The number of carbonyl (C=O) groups excluding carboxylic acids is 1. The molecule has 0 aromatic rings. The molecule has 7 nitrogen and oxygen atoms in total. The second kappa shape index (κ2) is 18.1. The third-order valence-electron chi connectivity index (χ3n) is 8.34. The molecule has 3 unspecified atom stereocenters. The van der Waals surface area contributed by atoms with Gasteiger partial charge in [0.2, 0.25) is 0 Å². The van der Waals surface area contributed by atoms with E-state index < -0.39 is 6.10 Å². The lowest BCUT2D eigenvalue weighted by Crippen LogP contribution is -2.32. The van der Waals surface area contributed by atoms with Crippen molar-refractivity contribution in [3.63, 3.8) is 0 Å². The summed E-state index contributed by atoms with van der Waals surface area (Å²) >= 11 is 0. The van der Waals surface area contributed by atoms with Gasteiger partial charge >= 0.3 is 5.97 Å². The molecule has 8 atom stereocenters. The number of ether oxygens (including phenoxy) is 5. The number of carbonyl (C=O) groups is 1. The highest BCUT2D eigenvalue weighted by Gasteiger charge is 2.42. The van der Waals surface area contributed by atoms with Gasteiger partial charge in [-0.3, -0.25) is 4.79 Å². The summed E-state index contributed by atoms with van der Waals surface area (Å²) in [5.74, 6) is 0.205. The molecule has 40 heavy (non-hydrogen) atoms. The fourth-order valence-electron chi connectivity index (χ4n) is 5.84. The quantitative estimate of drug-likeness (QED) is 0.136. The lowest BCUT2D eigenvalue weighted by molar-refractivity contribution is -0.193. The van der Waals surface area contributed by atoms with E-state index in [2.05, 4.69) is 51.2 Å². The predicted octanol–water partition coefficient (Wildman–Crippen LogP) is 6.65. The Morgan fingerprint density at radius 2 is 1.77 bits per heavy atom. The summed E-state index contributed by atoms with van der Waals surface area (Å²) in [5, 5.41) is 11.1. The number of esters is 1. The van der Waals surface area contributed by atoms with Crippen molar-refractivity contribution < 1.29 is 33.6 Å². The van der Waals surface area contributed by atoms with Gasteiger partial charge in [-0.1, -0.05) is 42.9 Å². The van der Waals surface area contributed by atoms with Crippen LogP contribution in [-0.4, -0.2) is 62.3 Å². The number of hydrogen-bond donors (Lipinski definition) is 1. The van der Waals surface area contributed by atoms with Gasteiger partial charge in [0.15, 0.2) is 12.6 Å². The molecule has 0 amide bonds. The summed E-state index contributed by atoms with van der Waals surface area (Å²) in [6.45, 7) is 7.98. The topological polar surface area (TPSA) is 83.5 Å². The Kier molecular flexibility index (Phi) is 14.9. The molecule has 228 valence electrons. The van der Waals surface area contributed by atoms with Gasteiger partial charge in [-0.25, -0.2) is 0 Å². The number of rotatable bonds is 15. The zero-order chi connectivity index (χ0) is 28.7. The Hall–Kier alpha value is -1.51. The zero-order valence-corrected chi connectivity index (χ0v) is 25.3. The van der Waals surface area contributed by atoms with Crippen LogP contribution in [0.15, 0.2) is 36.0 Å². The van der Waals surface area contributed by atoms with Gasteiger partial charge in [-0.2, -0.15) is 0 Å². The normalized spacial score (nSPS) is 30.9. The monoisotopic (exact) mass is 562 g/mol. The van der Waals surface area contributed by atoms with Gasteiger partial charge in [-0.15, -0.1) is 0 Å². The SMILES string of the molecule is COC(=O)CCCC=CC[C@@H]1[C@@H](C=C[C@H](OC2CCCCO2)C(C)CC=C(C)C)[C@H](OC2CCCCO2)C[C@@H]1O. The van der Waals surface area contributed by atoms with Crippen LogP contribution in [0.1, 0.15) is 97.8 Å². The third kappa shape index (κ3) is 11.4. The van der Waals surface area contributed by atoms with Crippen LogP contribution < -0.4 is 0 Å². The van der Waals surface area contributed by atoms with E-state index in [1.807, 2.05) is 0 Å². The van der Waals surface area contributed by atoms with E-state index in [0.717, 1.165) is 77.4 Å². The van der Waals surface area contributed by atoms with Crippen molar-refractivity contribution >= 4 is 5.97 Å². The summed E-state index contributed by atoms with van der Waals surface area (Å²) in [5.41, 5.74) is 1.31. The molecule has 2 heterocycles. The molecule has 7 heteroatoms. The number of aliphatic hydroxyl groups is 1. The van der Waals surface area contributed by atoms with Crippen LogP contribution in [0.3, 0.4) is 0 Å². The number of aliphatic hydroxyl groups excluding tert-OH is 1. The van der Waals surface area contributed by atoms with E-state index in [9.17, 15) is 9.90 Å². The maximum absolute atomic E-state index is 11.4. The maximum Gasteiger partial charge on any atom is 0.305 e. The van der Waals surface area contributed by atoms with E-state index in [0.29, 0.717) is 12.8 Å². The summed E-state index contributed by atoms with van der Waals surface area (Å²) in [4.78, 5) is 11.4. The molecule has 2 aliphatic heterocycles. The van der Waals surface area contributed by atoms with Gasteiger partial charge in [0.1, 0.15) is 0 Å². The van der Waals surface area contributed by atoms with Crippen molar-refractivity contribution in [1.82, 2.24) is 0 Å². The van der Waals surface area contributed by atoms with Crippen LogP contribution in [-0.2, 0) is 28.5 Å². The molecule has 3 rings (SSSR count). The highest BCUT2D eigenvalue weighted by Crippen LogP contribution is 2.40. The van der Waals surface area contributed by atoms with Crippen LogP contribution in [0.25, 0.3) is 0 Å². The summed E-state index contributed by atoms with van der Waals surface area (Å²) in [7, 11) is 1.42. The summed E-state index contributed by atoms with van der Waals surface area (Å²) < 4.78 is 29.6. The Bertz CT molecular complexity index is 806.